The molecule has 0 spiro atoms. The van der Waals surface area contributed by atoms with Gasteiger partial charge in [-0.3, -0.25) is 4.79 Å². The van der Waals surface area contributed by atoms with E-state index < -0.39 is 0 Å². The second-order valence-electron chi connectivity index (χ2n) is 6.49. The highest BCUT2D eigenvalue weighted by molar-refractivity contribution is 5.29. The molecule has 1 rings (SSSR count). The Kier molecular flexibility index (Phi) is 9.00. The molecule has 0 aliphatic rings. The Morgan fingerprint density at radius 2 is 1.39 bits per heavy atom. The maximum Gasteiger partial charge on any atom is 0.188 e. The van der Waals surface area contributed by atoms with Gasteiger partial charge >= 0.3 is 0 Å². The van der Waals surface area contributed by atoms with E-state index in [1.54, 1.807) is 21.0 Å². The first-order chi connectivity index (χ1) is 11.0. The molecule has 0 amide bonds. The van der Waals surface area contributed by atoms with Gasteiger partial charge in [0.1, 0.15) is 0 Å². The Morgan fingerprint density at radius 1 is 0.870 bits per heavy atom. The fraction of sp³-hybridized carbons (Fsp3) is 0.737. The molecule has 0 saturated carbocycles. The second kappa shape index (κ2) is 10.5. The third-order valence-electron chi connectivity index (χ3n) is 4.75. The van der Waals surface area contributed by atoms with Crippen molar-refractivity contribution in [2.45, 2.75) is 78.6 Å². The average Bonchev–Trinajstić information content (AvgIpc) is 2.55. The van der Waals surface area contributed by atoms with Gasteiger partial charge in [-0.1, -0.05) is 38.5 Å². The zero-order valence-corrected chi connectivity index (χ0v) is 15.3. The largest absolute Gasteiger partial charge is 0.428 e. The van der Waals surface area contributed by atoms with Crippen molar-refractivity contribution in [1.29, 1.82) is 0 Å². The van der Waals surface area contributed by atoms with Crippen LogP contribution in [-0.2, 0) is 11.2 Å². The summed E-state index contributed by atoms with van der Waals surface area (Å²) in [6.45, 7) is 6.26. The summed E-state index contributed by atoms with van der Waals surface area (Å²) in [4.78, 5) is 12.3. The molecule has 1 aromatic heterocycles. The average molecular weight is 323 g/mol. The number of ether oxygens (including phenoxy) is 1. The molecule has 0 bridgehead atoms. The van der Waals surface area contributed by atoms with Gasteiger partial charge in [0.05, 0.1) is 11.4 Å². The number of hydrogen-bond donors (Lipinski definition) is 1. The Bertz CT molecular complexity index is 534. The normalized spacial score (nSPS) is 11.1. The quantitative estimate of drug-likeness (QED) is 0.487. The SMILES string of the molecule is COCCCCCCCCCCc1c(C)n(O)c(C)c(C)c1=O. The van der Waals surface area contributed by atoms with Gasteiger partial charge in [-0.2, -0.15) is 4.73 Å². The number of aromatic nitrogens is 1. The van der Waals surface area contributed by atoms with E-state index in [-0.39, 0.29) is 5.43 Å². The van der Waals surface area contributed by atoms with Crippen LogP contribution >= 0.6 is 0 Å². The number of pyridine rings is 1. The third-order valence-corrected chi connectivity index (χ3v) is 4.75. The molecule has 1 aromatic rings. The molecular weight excluding hydrogens is 290 g/mol. The Balaban J connectivity index is 2.28. The zero-order chi connectivity index (χ0) is 17.2. The van der Waals surface area contributed by atoms with Crippen LogP contribution in [0.1, 0.15) is 73.9 Å². The van der Waals surface area contributed by atoms with Crippen LogP contribution in [0.2, 0.25) is 0 Å². The second-order valence-corrected chi connectivity index (χ2v) is 6.49. The topological polar surface area (TPSA) is 51.5 Å². The summed E-state index contributed by atoms with van der Waals surface area (Å²) in [5.41, 5.74) is 2.86. The lowest BCUT2D eigenvalue weighted by molar-refractivity contribution is 0.169. The van der Waals surface area contributed by atoms with Gasteiger partial charge < -0.3 is 9.94 Å². The number of rotatable bonds is 11. The molecule has 1 N–H and O–H groups in total. The molecule has 4 nitrogen and oxygen atoms in total. The van der Waals surface area contributed by atoms with Crippen LogP contribution in [0, 0.1) is 20.8 Å². The van der Waals surface area contributed by atoms with Crippen molar-refractivity contribution in [1.82, 2.24) is 4.73 Å². The van der Waals surface area contributed by atoms with Crippen molar-refractivity contribution in [3.05, 3.63) is 32.7 Å². The smallest absolute Gasteiger partial charge is 0.188 e. The highest BCUT2D eigenvalue weighted by Gasteiger charge is 2.13. The van der Waals surface area contributed by atoms with Crippen LogP contribution in [0.3, 0.4) is 0 Å². The Hall–Kier alpha value is -1.29. The van der Waals surface area contributed by atoms with Crippen molar-refractivity contribution in [3.63, 3.8) is 0 Å². The first kappa shape index (κ1) is 19.8. The predicted octanol–water partition coefficient (Wildman–Crippen LogP) is 4.32. The summed E-state index contributed by atoms with van der Waals surface area (Å²) >= 11 is 0. The van der Waals surface area contributed by atoms with E-state index in [1.165, 1.54) is 32.1 Å². The van der Waals surface area contributed by atoms with Crippen LogP contribution in [0.4, 0.5) is 0 Å². The van der Waals surface area contributed by atoms with Crippen molar-refractivity contribution < 1.29 is 9.94 Å². The summed E-state index contributed by atoms with van der Waals surface area (Å²) in [5.74, 6) is 0. The van der Waals surface area contributed by atoms with E-state index in [0.29, 0.717) is 17.0 Å². The Labute approximate surface area is 140 Å². The van der Waals surface area contributed by atoms with Gasteiger partial charge in [-0.15, -0.1) is 0 Å². The van der Waals surface area contributed by atoms with Gasteiger partial charge in [-0.05, 0) is 40.0 Å². The van der Waals surface area contributed by atoms with Crippen LogP contribution in [0.15, 0.2) is 4.79 Å². The standard InChI is InChI=1S/C19H33NO3/c1-15-16(2)20(22)17(3)18(19(15)21)13-11-9-7-5-6-8-10-12-14-23-4/h22H,5-14H2,1-4H3. The predicted molar refractivity (Wildman–Crippen MR) is 94.6 cm³/mol. The van der Waals surface area contributed by atoms with Gasteiger partial charge in [-0.25, -0.2) is 0 Å². The van der Waals surface area contributed by atoms with Crippen molar-refractivity contribution in [2.75, 3.05) is 13.7 Å². The molecule has 0 aromatic carbocycles. The van der Waals surface area contributed by atoms with Crippen LogP contribution in [0.25, 0.3) is 0 Å². The van der Waals surface area contributed by atoms with Gasteiger partial charge in [0, 0.05) is 24.8 Å². The number of unbranched alkanes of at least 4 members (excludes halogenated alkanes) is 7. The maximum absolute atomic E-state index is 12.3. The van der Waals surface area contributed by atoms with E-state index in [2.05, 4.69) is 0 Å². The summed E-state index contributed by atoms with van der Waals surface area (Å²) in [6, 6.07) is 0. The van der Waals surface area contributed by atoms with Crippen molar-refractivity contribution in [3.8, 4) is 0 Å². The minimum absolute atomic E-state index is 0.100. The van der Waals surface area contributed by atoms with E-state index in [1.807, 2.05) is 6.92 Å². The molecule has 132 valence electrons. The molecule has 0 fully saturated rings. The fourth-order valence-electron chi connectivity index (χ4n) is 3.00. The minimum Gasteiger partial charge on any atom is -0.428 e. The van der Waals surface area contributed by atoms with E-state index in [0.717, 1.165) is 42.6 Å². The zero-order valence-electron chi connectivity index (χ0n) is 15.3. The summed E-state index contributed by atoms with van der Waals surface area (Å²) in [7, 11) is 1.75. The van der Waals surface area contributed by atoms with Crippen molar-refractivity contribution >= 4 is 0 Å². The molecule has 0 aliphatic heterocycles. The molecule has 0 unspecified atom stereocenters. The maximum atomic E-state index is 12.3. The summed E-state index contributed by atoms with van der Waals surface area (Å²) in [5, 5.41) is 10.0. The fourth-order valence-corrected chi connectivity index (χ4v) is 3.00. The molecule has 23 heavy (non-hydrogen) atoms. The lowest BCUT2D eigenvalue weighted by Gasteiger charge is -2.14. The molecule has 0 aliphatic carbocycles. The molecule has 0 radical (unpaired) electrons. The van der Waals surface area contributed by atoms with Crippen LogP contribution in [0.5, 0.6) is 0 Å². The van der Waals surface area contributed by atoms with Crippen molar-refractivity contribution in [2.24, 2.45) is 0 Å². The number of nitrogens with zero attached hydrogens (tertiary/aromatic N) is 1. The summed E-state index contributed by atoms with van der Waals surface area (Å²) in [6.07, 6.45) is 10.4. The van der Waals surface area contributed by atoms with Crippen LogP contribution in [-0.4, -0.2) is 23.7 Å². The first-order valence-electron chi connectivity index (χ1n) is 8.90. The van der Waals surface area contributed by atoms with Gasteiger partial charge in [0.2, 0.25) is 0 Å². The summed E-state index contributed by atoms with van der Waals surface area (Å²) < 4.78 is 6.20. The van der Waals surface area contributed by atoms with E-state index in [9.17, 15) is 10.0 Å². The van der Waals surface area contributed by atoms with Gasteiger partial charge in [0.25, 0.3) is 0 Å². The van der Waals surface area contributed by atoms with E-state index in [4.69, 9.17) is 4.74 Å². The Morgan fingerprint density at radius 3 is 1.96 bits per heavy atom. The first-order valence-corrected chi connectivity index (χ1v) is 8.90. The monoisotopic (exact) mass is 323 g/mol. The number of hydrogen-bond acceptors (Lipinski definition) is 3. The highest BCUT2D eigenvalue weighted by Crippen LogP contribution is 2.14. The molecular formula is C19H33NO3. The molecule has 0 saturated heterocycles. The molecule has 0 atom stereocenters. The lowest BCUT2D eigenvalue weighted by atomic mass is 10.0. The number of methoxy groups -OCH3 is 1. The molecule has 4 heteroatoms. The lowest BCUT2D eigenvalue weighted by Crippen LogP contribution is -2.22. The van der Waals surface area contributed by atoms with Gasteiger partial charge in [0.15, 0.2) is 5.43 Å². The van der Waals surface area contributed by atoms with E-state index >= 15 is 0 Å². The highest BCUT2D eigenvalue weighted by atomic mass is 16.5. The molecule has 1 heterocycles. The third kappa shape index (κ3) is 6.02. The van der Waals surface area contributed by atoms with Crippen LogP contribution < -0.4 is 5.43 Å². The minimum atomic E-state index is 0.100.